The van der Waals surface area contributed by atoms with Crippen molar-refractivity contribution < 1.29 is 18.0 Å². The highest BCUT2D eigenvalue weighted by molar-refractivity contribution is 9.10. The molecule has 2 aromatic carbocycles. The third-order valence-corrected chi connectivity index (χ3v) is 4.92. The molecule has 0 amide bonds. The molecule has 3 rings (SSSR count). The molecule has 0 aliphatic carbocycles. The van der Waals surface area contributed by atoms with Gasteiger partial charge in [0.1, 0.15) is 10.7 Å². The van der Waals surface area contributed by atoms with Gasteiger partial charge in [0.15, 0.2) is 5.13 Å². The van der Waals surface area contributed by atoms with Gasteiger partial charge >= 0.3 is 6.18 Å². The van der Waals surface area contributed by atoms with E-state index in [-0.39, 0.29) is 27.3 Å². The number of nitrogen functional groups attached to an aromatic ring is 1. The number of halogens is 4. The molecule has 0 bridgehead atoms. The van der Waals surface area contributed by atoms with Crippen LogP contribution in [0.5, 0.6) is 0 Å². The first-order chi connectivity index (χ1) is 12.2. The molecule has 0 spiro atoms. The first kappa shape index (κ1) is 18.4. The fourth-order valence-electron chi connectivity index (χ4n) is 2.18. The summed E-state index contributed by atoms with van der Waals surface area (Å²) in [5, 5.41) is 3.00. The minimum atomic E-state index is -4.44. The van der Waals surface area contributed by atoms with Gasteiger partial charge in [-0.3, -0.25) is 4.79 Å². The predicted molar refractivity (Wildman–Crippen MR) is 98.8 cm³/mol. The number of hydrogen-bond acceptors (Lipinski definition) is 5. The summed E-state index contributed by atoms with van der Waals surface area (Å²) in [5.41, 5.74) is 5.68. The zero-order chi connectivity index (χ0) is 18.9. The van der Waals surface area contributed by atoms with Crippen LogP contribution in [0.3, 0.4) is 0 Å². The Bertz CT molecular complexity index is 955. The molecule has 1 heterocycles. The summed E-state index contributed by atoms with van der Waals surface area (Å²) in [5.74, 6) is -0.276. The van der Waals surface area contributed by atoms with E-state index in [2.05, 4.69) is 26.2 Å². The Morgan fingerprint density at radius 3 is 2.50 bits per heavy atom. The predicted octanol–water partition coefficient (Wildman–Crippen LogP) is 5.48. The van der Waals surface area contributed by atoms with Gasteiger partial charge in [-0.05, 0) is 42.5 Å². The maximum Gasteiger partial charge on any atom is 0.416 e. The van der Waals surface area contributed by atoms with Crippen LogP contribution < -0.4 is 11.1 Å². The van der Waals surface area contributed by atoms with Crippen LogP contribution in [0.2, 0.25) is 0 Å². The fourth-order valence-corrected chi connectivity index (χ4v) is 3.31. The number of hydrogen-bond donors (Lipinski definition) is 2. The van der Waals surface area contributed by atoms with Crippen LogP contribution in [0.4, 0.5) is 29.8 Å². The molecule has 4 nitrogen and oxygen atoms in total. The number of nitrogens with two attached hydrogens (primary N) is 1. The summed E-state index contributed by atoms with van der Waals surface area (Å²) in [6.07, 6.45) is -4.44. The maximum absolute atomic E-state index is 12.8. The number of alkyl halides is 3. The monoisotopic (exact) mass is 441 g/mol. The average Bonchev–Trinajstić information content (AvgIpc) is 2.94. The van der Waals surface area contributed by atoms with E-state index in [4.69, 9.17) is 5.73 Å². The Morgan fingerprint density at radius 1 is 1.15 bits per heavy atom. The van der Waals surface area contributed by atoms with E-state index < -0.39 is 11.7 Å². The van der Waals surface area contributed by atoms with Gasteiger partial charge in [-0.25, -0.2) is 4.98 Å². The minimum absolute atomic E-state index is 0.0254. The first-order valence-corrected chi connectivity index (χ1v) is 8.86. The zero-order valence-corrected chi connectivity index (χ0v) is 15.4. The normalized spacial score (nSPS) is 11.4. The summed E-state index contributed by atoms with van der Waals surface area (Å²) >= 11 is 4.28. The number of nitrogens with zero attached hydrogens (tertiary/aromatic N) is 1. The quantitative estimate of drug-likeness (QED) is 0.525. The lowest BCUT2D eigenvalue weighted by molar-refractivity contribution is -0.137. The lowest BCUT2D eigenvalue weighted by Gasteiger charge is -2.08. The Morgan fingerprint density at radius 2 is 1.85 bits per heavy atom. The van der Waals surface area contributed by atoms with Crippen LogP contribution in [-0.2, 0) is 6.18 Å². The number of benzene rings is 2. The second kappa shape index (κ2) is 7.08. The number of anilines is 3. The van der Waals surface area contributed by atoms with Crippen LogP contribution in [0, 0.1) is 0 Å². The second-order valence-corrected chi connectivity index (χ2v) is 7.19. The van der Waals surface area contributed by atoms with Crippen molar-refractivity contribution in [3.63, 3.8) is 0 Å². The van der Waals surface area contributed by atoms with E-state index in [1.807, 2.05) is 0 Å². The highest BCUT2D eigenvalue weighted by atomic mass is 79.9. The van der Waals surface area contributed by atoms with Gasteiger partial charge in [0, 0.05) is 15.7 Å². The van der Waals surface area contributed by atoms with E-state index in [1.54, 1.807) is 24.3 Å². The zero-order valence-electron chi connectivity index (χ0n) is 13.0. The van der Waals surface area contributed by atoms with Crippen molar-refractivity contribution in [2.75, 3.05) is 11.1 Å². The van der Waals surface area contributed by atoms with Crippen molar-refractivity contribution in [3.8, 4) is 0 Å². The largest absolute Gasteiger partial charge is 0.416 e. The summed E-state index contributed by atoms with van der Waals surface area (Å²) in [7, 11) is 0. The Kier molecular flexibility index (Phi) is 5.01. The summed E-state index contributed by atoms with van der Waals surface area (Å²) in [6.45, 7) is 0. The van der Waals surface area contributed by atoms with Gasteiger partial charge < -0.3 is 11.1 Å². The highest BCUT2D eigenvalue weighted by Gasteiger charge is 2.30. The van der Waals surface area contributed by atoms with Crippen molar-refractivity contribution in [1.82, 2.24) is 4.98 Å². The van der Waals surface area contributed by atoms with E-state index >= 15 is 0 Å². The van der Waals surface area contributed by atoms with Crippen LogP contribution in [0.15, 0.2) is 53.0 Å². The molecule has 3 N–H and O–H groups in total. The molecular weight excluding hydrogens is 431 g/mol. The topological polar surface area (TPSA) is 68.0 Å². The number of thiazole rings is 1. The summed E-state index contributed by atoms with van der Waals surface area (Å²) in [6, 6.07) is 11.5. The van der Waals surface area contributed by atoms with Crippen molar-refractivity contribution in [2.24, 2.45) is 0 Å². The molecular formula is C17H11BrF3N3OS. The van der Waals surface area contributed by atoms with E-state index in [9.17, 15) is 18.0 Å². The minimum Gasteiger partial charge on any atom is -0.382 e. The number of aromatic nitrogens is 1. The molecule has 0 radical (unpaired) electrons. The molecule has 0 saturated heterocycles. The van der Waals surface area contributed by atoms with Gasteiger partial charge in [-0.1, -0.05) is 33.3 Å². The van der Waals surface area contributed by atoms with E-state index in [0.717, 1.165) is 27.9 Å². The Balaban J connectivity index is 1.85. The standard InChI is InChI=1S/C17H11BrF3N3OS/c18-11-6-4-9(5-7-11)13(25)14-15(22)24-16(26-14)23-12-3-1-2-10(8-12)17(19,20)21/h1-8H,22H2,(H,23,24). The van der Waals surface area contributed by atoms with E-state index in [0.29, 0.717) is 5.56 Å². The van der Waals surface area contributed by atoms with Crippen molar-refractivity contribution in [2.45, 2.75) is 6.18 Å². The highest BCUT2D eigenvalue weighted by Crippen LogP contribution is 2.33. The lowest BCUT2D eigenvalue weighted by Crippen LogP contribution is -2.05. The molecule has 26 heavy (non-hydrogen) atoms. The van der Waals surface area contributed by atoms with Gasteiger partial charge in [0.25, 0.3) is 0 Å². The molecule has 1 aromatic heterocycles. The Hall–Kier alpha value is -2.39. The van der Waals surface area contributed by atoms with Gasteiger partial charge in [-0.15, -0.1) is 0 Å². The van der Waals surface area contributed by atoms with Crippen molar-refractivity contribution in [1.29, 1.82) is 0 Å². The third kappa shape index (κ3) is 4.05. The number of carbonyl (C=O) groups is 1. The van der Waals surface area contributed by atoms with Gasteiger partial charge in [0.05, 0.1) is 5.56 Å². The molecule has 9 heteroatoms. The average molecular weight is 442 g/mol. The van der Waals surface area contributed by atoms with Crippen LogP contribution in [0.25, 0.3) is 0 Å². The number of rotatable bonds is 4. The number of carbonyl (C=O) groups excluding carboxylic acids is 1. The summed E-state index contributed by atoms with van der Waals surface area (Å²) < 4.78 is 39.2. The molecule has 0 fully saturated rings. The molecule has 0 saturated carbocycles. The van der Waals surface area contributed by atoms with Gasteiger partial charge in [0.2, 0.25) is 5.78 Å². The first-order valence-electron chi connectivity index (χ1n) is 7.25. The number of nitrogens with one attached hydrogen (secondary N) is 1. The van der Waals surface area contributed by atoms with Gasteiger partial charge in [-0.2, -0.15) is 13.2 Å². The van der Waals surface area contributed by atoms with Crippen molar-refractivity contribution >= 4 is 49.7 Å². The van der Waals surface area contributed by atoms with Crippen molar-refractivity contribution in [3.05, 3.63) is 69.0 Å². The maximum atomic E-state index is 12.8. The molecule has 134 valence electrons. The van der Waals surface area contributed by atoms with Crippen LogP contribution in [0.1, 0.15) is 20.8 Å². The molecule has 3 aromatic rings. The molecule has 0 aliphatic heterocycles. The van der Waals surface area contributed by atoms with Crippen LogP contribution in [-0.4, -0.2) is 10.8 Å². The summed E-state index contributed by atoms with van der Waals surface area (Å²) in [4.78, 5) is 16.8. The number of ketones is 1. The molecule has 0 unspecified atom stereocenters. The lowest BCUT2D eigenvalue weighted by atomic mass is 10.1. The fraction of sp³-hybridized carbons (Fsp3) is 0.0588. The van der Waals surface area contributed by atoms with E-state index in [1.165, 1.54) is 12.1 Å². The second-order valence-electron chi connectivity index (χ2n) is 5.27. The SMILES string of the molecule is Nc1nc(Nc2cccc(C(F)(F)F)c2)sc1C(=O)c1ccc(Br)cc1. The van der Waals surface area contributed by atoms with Crippen LogP contribution >= 0.6 is 27.3 Å². The third-order valence-electron chi connectivity index (χ3n) is 3.41. The smallest absolute Gasteiger partial charge is 0.382 e. The molecule has 0 aliphatic rings. The Labute approximate surface area is 159 Å². The molecule has 0 atom stereocenters.